The first kappa shape index (κ1) is 9.65. The Labute approximate surface area is 79.6 Å². The molecular weight excluding hydrogens is 160 g/mol. The zero-order valence-electron chi connectivity index (χ0n) is 8.46. The Kier molecular flexibility index (Phi) is 2.96. The van der Waals surface area contributed by atoms with Crippen LogP contribution in [0.25, 0.3) is 12.2 Å². The van der Waals surface area contributed by atoms with E-state index in [-0.39, 0.29) is 0 Å². The summed E-state index contributed by atoms with van der Waals surface area (Å²) in [4.78, 5) is 5.20. The van der Waals surface area contributed by atoms with E-state index in [1.807, 2.05) is 32.4 Å². The molecule has 13 heavy (non-hydrogen) atoms. The van der Waals surface area contributed by atoms with Crippen molar-refractivity contribution in [1.29, 1.82) is 0 Å². The van der Waals surface area contributed by atoms with Gasteiger partial charge in [-0.3, -0.25) is 0 Å². The fourth-order valence-corrected chi connectivity index (χ4v) is 1.05. The number of allylic oxidation sites excluding steroid dienone is 1. The molecular formula is C11H16N2. The van der Waals surface area contributed by atoms with Gasteiger partial charge in [0.25, 0.3) is 0 Å². The van der Waals surface area contributed by atoms with Crippen molar-refractivity contribution in [2.24, 2.45) is 0 Å². The fraction of sp³-hybridized carbons (Fsp3) is 0.273. The molecule has 1 N–H and O–H groups in total. The van der Waals surface area contributed by atoms with E-state index in [0.29, 0.717) is 0 Å². The molecule has 0 saturated heterocycles. The molecule has 0 unspecified atom stereocenters. The van der Waals surface area contributed by atoms with Crippen molar-refractivity contribution >= 4 is 12.2 Å². The van der Waals surface area contributed by atoms with Crippen LogP contribution in [0.3, 0.4) is 0 Å². The monoisotopic (exact) mass is 176 g/mol. The van der Waals surface area contributed by atoms with Crippen molar-refractivity contribution < 1.29 is 0 Å². The number of hydrogen-bond donors (Lipinski definition) is 1. The van der Waals surface area contributed by atoms with Gasteiger partial charge in [0.2, 0.25) is 0 Å². The fourth-order valence-electron chi connectivity index (χ4n) is 1.05. The van der Waals surface area contributed by atoms with Gasteiger partial charge in [0.05, 0.1) is 0 Å². The van der Waals surface area contributed by atoms with Crippen molar-refractivity contribution in [2.45, 2.75) is 6.92 Å². The topological polar surface area (TPSA) is 19.0 Å². The Morgan fingerprint density at radius 3 is 2.77 bits per heavy atom. The van der Waals surface area contributed by atoms with Crippen molar-refractivity contribution in [1.82, 2.24) is 9.88 Å². The summed E-state index contributed by atoms with van der Waals surface area (Å²) in [6.45, 7) is 5.83. The maximum Gasteiger partial charge on any atom is 0.0448 e. The molecule has 2 heteroatoms. The predicted octanol–water partition coefficient (Wildman–Crippen LogP) is 2.58. The summed E-state index contributed by atoms with van der Waals surface area (Å²) in [5, 5.41) is 0. The first-order chi connectivity index (χ1) is 6.15. The third-order valence-electron chi connectivity index (χ3n) is 2.09. The highest BCUT2D eigenvalue weighted by Gasteiger charge is 1.98. The molecule has 70 valence electrons. The van der Waals surface area contributed by atoms with E-state index in [1.165, 1.54) is 11.3 Å². The van der Waals surface area contributed by atoms with Crippen LogP contribution >= 0.6 is 0 Å². The molecule has 0 spiro atoms. The second-order valence-corrected chi connectivity index (χ2v) is 3.23. The van der Waals surface area contributed by atoms with Gasteiger partial charge in [-0.15, -0.1) is 0 Å². The summed E-state index contributed by atoms with van der Waals surface area (Å²) < 4.78 is 0. The second kappa shape index (κ2) is 3.99. The maximum absolute atomic E-state index is 3.74. The number of rotatable bonds is 3. The predicted molar refractivity (Wildman–Crippen MR) is 58.2 cm³/mol. The average molecular weight is 176 g/mol. The van der Waals surface area contributed by atoms with Gasteiger partial charge in [0.1, 0.15) is 0 Å². The highest BCUT2D eigenvalue weighted by Crippen LogP contribution is 2.13. The van der Waals surface area contributed by atoms with Crippen LogP contribution in [-0.4, -0.2) is 24.0 Å². The van der Waals surface area contributed by atoms with Crippen molar-refractivity contribution in [3.8, 4) is 0 Å². The lowest BCUT2D eigenvalue weighted by Crippen LogP contribution is -2.07. The molecule has 1 aromatic rings. The Balaban J connectivity index is 2.96. The van der Waals surface area contributed by atoms with Gasteiger partial charge in [-0.1, -0.05) is 6.58 Å². The van der Waals surface area contributed by atoms with Crippen molar-refractivity contribution in [2.75, 3.05) is 14.1 Å². The molecule has 0 bridgehead atoms. The standard InChI is InChI=1S/C11H16N2/c1-5-11-10(6-7-12-11)8-9(2)13(3)4/h5-8,12H,1H2,2-4H3/b9-8+. The molecule has 0 amide bonds. The number of aromatic nitrogens is 1. The van der Waals surface area contributed by atoms with Crippen LogP contribution in [0.4, 0.5) is 0 Å². The van der Waals surface area contributed by atoms with E-state index >= 15 is 0 Å². The minimum Gasteiger partial charge on any atom is -0.381 e. The molecule has 2 nitrogen and oxygen atoms in total. The molecule has 0 radical (unpaired) electrons. The first-order valence-electron chi connectivity index (χ1n) is 4.30. The lowest BCUT2D eigenvalue weighted by molar-refractivity contribution is 0.518. The first-order valence-corrected chi connectivity index (χ1v) is 4.30. The van der Waals surface area contributed by atoms with Gasteiger partial charge in [-0.05, 0) is 25.1 Å². The molecule has 0 aliphatic heterocycles. The quantitative estimate of drug-likeness (QED) is 0.750. The normalized spacial score (nSPS) is 11.5. The molecule has 0 aromatic carbocycles. The van der Waals surface area contributed by atoms with E-state index in [9.17, 15) is 0 Å². The number of H-pyrrole nitrogens is 1. The molecule has 1 aromatic heterocycles. The summed E-state index contributed by atoms with van der Waals surface area (Å²) in [6, 6.07) is 2.05. The summed E-state index contributed by atoms with van der Waals surface area (Å²) >= 11 is 0. The molecule has 0 aliphatic rings. The van der Waals surface area contributed by atoms with Crippen LogP contribution < -0.4 is 0 Å². The lowest BCUT2D eigenvalue weighted by atomic mass is 10.2. The third-order valence-corrected chi connectivity index (χ3v) is 2.09. The van der Waals surface area contributed by atoms with Gasteiger partial charge in [0.15, 0.2) is 0 Å². The highest BCUT2D eigenvalue weighted by molar-refractivity contribution is 5.63. The summed E-state index contributed by atoms with van der Waals surface area (Å²) in [7, 11) is 4.07. The number of nitrogens with one attached hydrogen (secondary N) is 1. The van der Waals surface area contributed by atoms with Gasteiger partial charge in [-0.2, -0.15) is 0 Å². The second-order valence-electron chi connectivity index (χ2n) is 3.23. The average Bonchev–Trinajstić information content (AvgIpc) is 2.51. The van der Waals surface area contributed by atoms with Crippen LogP contribution in [0.2, 0.25) is 0 Å². The van der Waals surface area contributed by atoms with E-state index < -0.39 is 0 Å². The number of nitrogens with zero attached hydrogens (tertiary/aromatic N) is 1. The van der Waals surface area contributed by atoms with Crippen molar-refractivity contribution in [3.63, 3.8) is 0 Å². The summed E-state index contributed by atoms with van der Waals surface area (Å²) in [5.74, 6) is 0. The zero-order valence-corrected chi connectivity index (χ0v) is 8.46. The minimum atomic E-state index is 1.07. The smallest absolute Gasteiger partial charge is 0.0448 e. The van der Waals surface area contributed by atoms with Crippen LogP contribution in [-0.2, 0) is 0 Å². The number of hydrogen-bond acceptors (Lipinski definition) is 1. The lowest BCUT2D eigenvalue weighted by Gasteiger charge is -2.12. The van der Waals surface area contributed by atoms with Crippen LogP contribution in [0.1, 0.15) is 18.2 Å². The van der Waals surface area contributed by atoms with Gasteiger partial charge in [-0.25, -0.2) is 0 Å². The van der Waals surface area contributed by atoms with Crippen LogP contribution in [0.15, 0.2) is 24.5 Å². The molecule has 0 saturated carbocycles. The Morgan fingerprint density at radius 1 is 1.54 bits per heavy atom. The van der Waals surface area contributed by atoms with E-state index in [2.05, 4.69) is 29.5 Å². The third kappa shape index (κ3) is 2.25. The van der Waals surface area contributed by atoms with Gasteiger partial charge >= 0.3 is 0 Å². The van der Waals surface area contributed by atoms with E-state index in [1.54, 1.807) is 0 Å². The Bertz CT molecular complexity index is 319. The molecule has 1 rings (SSSR count). The van der Waals surface area contributed by atoms with Gasteiger partial charge in [0, 0.05) is 37.2 Å². The van der Waals surface area contributed by atoms with Gasteiger partial charge < -0.3 is 9.88 Å². The van der Waals surface area contributed by atoms with Crippen molar-refractivity contribution in [3.05, 3.63) is 35.8 Å². The molecule has 0 atom stereocenters. The molecule has 1 heterocycles. The largest absolute Gasteiger partial charge is 0.381 e. The molecule has 0 aliphatic carbocycles. The Hall–Kier alpha value is -1.44. The molecule has 0 fully saturated rings. The number of aromatic amines is 1. The van der Waals surface area contributed by atoms with Crippen LogP contribution in [0, 0.1) is 0 Å². The highest BCUT2D eigenvalue weighted by atomic mass is 15.1. The van der Waals surface area contributed by atoms with Crippen LogP contribution in [0.5, 0.6) is 0 Å². The SMILES string of the molecule is C=Cc1[nH]ccc1/C=C(\C)N(C)C. The Morgan fingerprint density at radius 2 is 2.23 bits per heavy atom. The summed E-state index contributed by atoms with van der Waals surface area (Å²) in [5.41, 5.74) is 3.48. The minimum absolute atomic E-state index is 1.07. The zero-order chi connectivity index (χ0) is 9.84. The maximum atomic E-state index is 3.74. The summed E-state index contributed by atoms with van der Waals surface area (Å²) in [6.07, 6.45) is 5.88. The van der Waals surface area contributed by atoms with E-state index in [0.717, 1.165) is 5.69 Å². The van der Waals surface area contributed by atoms with E-state index in [4.69, 9.17) is 0 Å².